The minimum Gasteiger partial charge on any atom is -0.461 e. The number of nitrogens with two attached hydrogens (primary N) is 1. The van der Waals surface area contributed by atoms with Crippen LogP contribution >= 0.6 is 0 Å². The Hall–Kier alpha value is -1.52. The van der Waals surface area contributed by atoms with Gasteiger partial charge in [-0.3, -0.25) is 0 Å². The van der Waals surface area contributed by atoms with Crippen molar-refractivity contribution < 1.29 is 13.9 Å². The lowest BCUT2D eigenvalue weighted by Gasteiger charge is -2.55. The highest BCUT2D eigenvalue weighted by atomic mass is 16.5. The van der Waals surface area contributed by atoms with E-state index in [-0.39, 0.29) is 17.0 Å². The number of hydrogen-bond donors (Lipinski definition) is 1. The number of esters is 1. The van der Waals surface area contributed by atoms with E-state index >= 15 is 0 Å². The van der Waals surface area contributed by atoms with Gasteiger partial charge in [0.05, 0.1) is 6.61 Å². The summed E-state index contributed by atoms with van der Waals surface area (Å²) >= 11 is 0. The number of hydrogen-bond acceptors (Lipinski definition) is 5. The number of carbonyl (C=O) groups is 1. The van der Waals surface area contributed by atoms with Crippen molar-refractivity contribution in [3.05, 3.63) is 11.6 Å². The van der Waals surface area contributed by atoms with Crippen LogP contribution in [-0.2, 0) is 10.2 Å². The van der Waals surface area contributed by atoms with Gasteiger partial charge in [0.2, 0.25) is 17.5 Å². The van der Waals surface area contributed by atoms with E-state index in [1.54, 1.807) is 6.92 Å². The second-order valence-corrected chi connectivity index (χ2v) is 7.15. The zero-order valence-corrected chi connectivity index (χ0v) is 12.4. The van der Waals surface area contributed by atoms with E-state index in [2.05, 4.69) is 4.98 Å². The molecule has 4 aliphatic rings. The van der Waals surface area contributed by atoms with Crippen LogP contribution in [0.2, 0.25) is 0 Å². The molecular formula is C16H22N2O3. The highest BCUT2D eigenvalue weighted by molar-refractivity contribution is 5.91. The zero-order chi connectivity index (χ0) is 14.6. The second kappa shape index (κ2) is 4.49. The number of ether oxygens (including phenoxy) is 1. The Morgan fingerprint density at radius 1 is 1.29 bits per heavy atom. The van der Waals surface area contributed by atoms with Crippen LogP contribution in [0.15, 0.2) is 4.42 Å². The number of carbonyl (C=O) groups excluding carboxylic acids is 1. The zero-order valence-electron chi connectivity index (χ0n) is 12.4. The monoisotopic (exact) mass is 290 g/mol. The van der Waals surface area contributed by atoms with Gasteiger partial charge in [-0.25, -0.2) is 9.78 Å². The van der Waals surface area contributed by atoms with E-state index in [1.165, 1.54) is 19.3 Å². The van der Waals surface area contributed by atoms with Gasteiger partial charge in [0.25, 0.3) is 0 Å². The SMILES string of the molecule is CCOC(=O)c1nc(C23CC4CC(CC(C4)C2)C3)oc1N. The maximum Gasteiger partial charge on any atom is 0.362 e. The summed E-state index contributed by atoms with van der Waals surface area (Å²) in [6.07, 6.45) is 7.50. The molecule has 1 aromatic heterocycles. The lowest BCUT2D eigenvalue weighted by molar-refractivity contribution is -0.0174. The first-order valence-electron chi connectivity index (χ1n) is 8.03. The third-order valence-electron chi connectivity index (χ3n) is 5.61. The van der Waals surface area contributed by atoms with E-state index in [0.717, 1.165) is 37.0 Å². The maximum absolute atomic E-state index is 11.9. The number of rotatable bonds is 3. The fourth-order valence-corrected chi connectivity index (χ4v) is 5.28. The Morgan fingerprint density at radius 3 is 2.38 bits per heavy atom. The van der Waals surface area contributed by atoms with Gasteiger partial charge in [-0.1, -0.05) is 0 Å². The molecule has 114 valence electrons. The standard InChI is InChI=1S/C16H22N2O3/c1-2-20-14(19)12-13(17)21-15(18-12)16-6-9-3-10(7-16)5-11(4-9)8-16/h9-11H,2-8,17H2,1H3. The van der Waals surface area contributed by atoms with Gasteiger partial charge in [-0.15, -0.1) is 0 Å². The molecular weight excluding hydrogens is 268 g/mol. The van der Waals surface area contributed by atoms with Gasteiger partial charge >= 0.3 is 5.97 Å². The van der Waals surface area contributed by atoms with Crippen LogP contribution < -0.4 is 5.73 Å². The second-order valence-electron chi connectivity index (χ2n) is 7.15. The Bertz CT molecular complexity index is 543. The first kappa shape index (κ1) is 13.2. The predicted molar refractivity (Wildman–Crippen MR) is 76.7 cm³/mol. The highest BCUT2D eigenvalue weighted by Crippen LogP contribution is 2.60. The predicted octanol–water partition coefficient (Wildman–Crippen LogP) is 2.90. The summed E-state index contributed by atoms with van der Waals surface area (Å²) in [5.41, 5.74) is 6.04. The summed E-state index contributed by atoms with van der Waals surface area (Å²) in [5.74, 6) is 2.72. The number of oxazole rings is 1. The van der Waals surface area contributed by atoms with E-state index in [1.807, 2.05) is 0 Å². The molecule has 4 fully saturated rings. The molecule has 4 saturated carbocycles. The van der Waals surface area contributed by atoms with Crippen LogP contribution in [0.4, 0.5) is 5.88 Å². The molecule has 5 rings (SSSR count). The normalized spacial score (nSPS) is 36.9. The Morgan fingerprint density at radius 2 is 1.86 bits per heavy atom. The van der Waals surface area contributed by atoms with Crippen molar-refractivity contribution in [2.75, 3.05) is 12.3 Å². The largest absolute Gasteiger partial charge is 0.461 e. The fraction of sp³-hybridized carbons (Fsp3) is 0.750. The van der Waals surface area contributed by atoms with Crippen LogP contribution in [0, 0.1) is 17.8 Å². The minimum atomic E-state index is -0.477. The molecule has 4 bridgehead atoms. The highest BCUT2D eigenvalue weighted by Gasteiger charge is 2.54. The van der Waals surface area contributed by atoms with Crippen LogP contribution in [-0.4, -0.2) is 17.6 Å². The summed E-state index contributed by atoms with van der Waals surface area (Å²) in [4.78, 5) is 16.3. The maximum atomic E-state index is 11.9. The molecule has 0 amide bonds. The van der Waals surface area contributed by atoms with Crippen LogP contribution in [0.1, 0.15) is 61.8 Å². The van der Waals surface area contributed by atoms with Crippen molar-refractivity contribution >= 4 is 11.9 Å². The van der Waals surface area contributed by atoms with Crippen molar-refractivity contribution in [1.29, 1.82) is 0 Å². The molecule has 0 aromatic carbocycles. The Balaban J connectivity index is 1.67. The molecule has 4 aliphatic carbocycles. The summed E-state index contributed by atoms with van der Waals surface area (Å²) in [6.45, 7) is 2.09. The summed E-state index contributed by atoms with van der Waals surface area (Å²) in [6, 6.07) is 0. The Kier molecular flexibility index (Phi) is 2.81. The smallest absolute Gasteiger partial charge is 0.362 e. The number of nitrogens with zero attached hydrogens (tertiary/aromatic N) is 1. The molecule has 21 heavy (non-hydrogen) atoms. The van der Waals surface area contributed by atoms with Crippen LogP contribution in [0.5, 0.6) is 0 Å². The molecule has 2 N–H and O–H groups in total. The third-order valence-corrected chi connectivity index (χ3v) is 5.61. The molecule has 5 nitrogen and oxygen atoms in total. The van der Waals surface area contributed by atoms with E-state index < -0.39 is 5.97 Å². The first-order valence-corrected chi connectivity index (χ1v) is 8.03. The molecule has 0 saturated heterocycles. The van der Waals surface area contributed by atoms with E-state index in [4.69, 9.17) is 14.9 Å². The molecule has 0 unspecified atom stereocenters. The van der Waals surface area contributed by atoms with E-state index in [9.17, 15) is 4.79 Å². The first-order chi connectivity index (χ1) is 10.1. The lowest BCUT2D eigenvalue weighted by Crippen LogP contribution is -2.48. The molecule has 1 heterocycles. The van der Waals surface area contributed by atoms with Crippen molar-refractivity contribution in [3.8, 4) is 0 Å². The summed E-state index contributed by atoms with van der Waals surface area (Å²) in [5, 5.41) is 0. The Labute approximate surface area is 124 Å². The topological polar surface area (TPSA) is 78.3 Å². The number of anilines is 1. The van der Waals surface area contributed by atoms with Gasteiger partial charge in [0.1, 0.15) is 0 Å². The quantitative estimate of drug-likeness (QED) is 0.866. The number of aromatic nitrogens is 1. The fourth-order valence-electron chi connectivity index (χ4n) is 5.28. The summed E-state index contributed by atoms with van der Waals surface area (Å²) < 4.78 is 10.7. The van der Waals surface area contributed by atoms with Crippen molar-refractivity contribution in [2.45, 2.75) is 50.9 Å². The van der Waals surface area contributed by atoms with E-state index in [0.29, 0.717) is 12.5 Å². The molecule has 0 atom stereocenters. The minimum absolute atomic E-state index is 0.0214. The van der Waals surface area contributed by atoms with Crippen LogP contribution in [0.25, 0.3) is 0 Å². The molecule has 5 heteroatoms. The molecule has 0 spiro atoms. The van der Waals surface area contributed by atoms with Gasteiger partial charge in [-0.05, 0) is 63.2 Å². The number of nitrogen functional groups attached to an aromatic ring is 1. The molecule has 0 radical (unpaired) electrons. The van der Waals surface area contributed by atoms with Crippen molar-refractivity contribution in [1.82, 2.24) is 4.98 Å². The van der Waals surface area contributed by atoms with Crippen molar-refractivity contribution in [3.63, 3.8) is 0 Å². The van der Waals surface area contributed by atoms with Gasteiger partial charge < -0.3 is 14.9 Å². The summed E-state index contributed by atoms with van der Waals surface area (Å²) in [7, 11) is 0. The average molecular weight is 290 g/mol. The van der Waals surface area contributed by atoms with Gasteiger partial charge in [0.15, 0.2) is 0 Å². The lowest BCUT2D eigenvalue weighted by atomic mass is 9.49. The van der Waals surface area contributed by atoms with Gasteiger partial charge in [-0.2, -0.15) is 0 Å². The molecule has 1 aromatic rings. The van der Waals surface area contributed by atoms with Crippen LogP contribution in [0.3, 0.4) is 0 Å². The van der Waals surface area contributed by atoms with Gasteiger partial charge in [0, 0.05) is 5.41 Å². The third kappa shape index (κ3) is 1.97. The molecule has 0 aliphatic heterocycles. The van der Waals surface area contributed by atoms with Crippen molar-refractivity contribution in [2.24, 2.45) is 17.8 Å². The average Bonchev–Trinajstić information content (AvgIpc) is 2.80.